The fraction of sp³-hybridized carbons (Fsp3) is 0.323. The van der Waals surface area contributed by atoms with Crippen LogP contribution in [0.25, 0.3) is 22.3 Å². The monoisotopic (exact) mass is 456 g/mol. The maximum Gasteiger partial charge on any atom is 0.333 e. The average Bonchev–Trinajstić information content (AvgIpc) is 2.86. The van der Waals surface area contributed by atoms with E-state index in [1.807, 2.05) is 0 Å². The number of aryl methyl sites for hydroxylation is 2. The Bertz CT molecular complexity index is 1080. The lowest BCUT2D eigenvalue weighted by Crippen LogP contribution is -2.06. The van der Waals surface area contributed by atoms with E-state index in [0.29, 0.717) is 5.57 Å². The number of hydrogen-bond acceptors (Lipinski definition) is 3. The molecule has 0 heterocycles. The lowest BCUT2D eigenvalue weighted by molar-refractivity contribution is -0.140. The maximum absolute atomic E-state index is 12.1. The molecule has 0 aliphatic carbocycles. The summed E-state index contributed by atoms with van der Waals surface area (Å²) in [6.07, 6.45) is 6.44. The van der Waals surface area contributed by atoms with Crippen LogP contribution in [0.3, 0.4) is 0 Å². The first-order valence-electron chi connectivity index (χ1n) is 12.3. The highest BCUT2D eigenvalue weighted by molar-refractivity contribution is 5.87. The lowest BCUT2D eigenvalue weighted by Gasteiger charge is -2.14. The molecular formula is C31H36O3. The number of aliphatic hydroxyl groups is 1. The van der Waals surface area contributed by atoms with E-state index < -0.39 is 0 Å². The molecule has 3 aromatic carbocycles. The summed E-state index contributed by atoms with van der Waals surface area (Å²) in [7, 11) is 0. The van der Waals surface area contributed by atoms with Crippen LogP contribution in [-0.4, -0.2) is 17.7 Å². The summed E-state index contributed by atoms with van der Waals surface area (Å²) >= 11 is 0. The third-order valence-electron chi connectivity index (χ3n) is 6.06. The molecule has 0 aliphatic heterocycles. The number of hydrogen-bond donors (Lipinski definition) is 1. The van der Waals surface area contributed by atoms with Crippen molar-refractivity contribution in [2.24, 2.45) is 0 Å². The molecule has 1 N–H and O–H groups in total. The van der Waals surface area contributed by atoms with E-state index in [0.717, 1.165) is 47.1 Å². The molecule has 0 aromatic heterocycles. The van der Waals surface area contributed by atoms with Gasteiger partial charge < -0.3 is 9.84 Å². The van der Waals surface area contributed by atoms with Crippen molar-refractivity contribution in [1.29, 1.82) is 0 Å². The van der Waals surface area contributed by atoms with Gasteiger partial charge in [-0.25, -0.2) is 4.79 Å². The van der Waals surface area contributed by atoms with Gasteiger partial charge in [0.05, 0.1) is 0 Å². The lowest BCUT2D eigenvalue weighted by atomic mass is 9.94. The molecule has 0 radical (unpaired) electrons. The Morgan fingerprint density at radius 1 is 0.824 bits per heavy atom. The fourth-order valence-electron chi connectivity index (χ4n) is 4.02. The number of carbonyl (C=O) groups excluding carboxylic acids is 1. The minimum Gasteiger partial charge on any atom is -0.457 e. The van der Waals surface area contributed by atoms with Gasteiger partial charge in [-0.15, -0.1) is 0 Å². The van der Waals surface area contributed by atoms with Crippen molar-refractivity contribution in [3.63, 3.8) is 0 Å². The van der Waals surface area contributed by atoms with E-state index in [1.54, 1.807) is 6.92 Å². The molecule has 0 aliphatic rings. The Morgan fingerprint density at radius 2 is 1.41 bits per heavy atom. The molecule has 0 amide bonds. The Morgan fingerprint density at radius 3 is 2.00 bits per heavy atom. The average molecular weight is 457 g/mol. The van der Waals surface area contributed by atoms with Crippen LogP contribution >= 0.6 is 0 Å². The minimum atomic E-state index is -0.382. The third-order valence-corrected chi connectivity index (χ3v) is 6.06. The smallest absolute Gasteiger partial charge is 0.333 e. The summed E-state index contributed by atoms with van der Waals surface area (Å²) < 4.78 is 5.53. The van der Waals surface area contributed by atoms with Gasteiger partial charge in [0.25, 0.3) is 0 Å². The van der Waals surface area contributed by atoms with Crippen LogP contribution in [0.2, 0.25) is 0 Å². The zero-order valence-electron chi connectivity index (χ0n) is 20.5. The summed E-state index contributed by atoms with van der Waals surface area (Å²) in [4.78, 5) is 12.1. The first-order valence-corrected chi connectivity index (χ1v) is 12.3. The van der Waals surface area contributed by atoms with Crippen LogP contribution in [0.5, 0.6) is 0 Å². The summed E-state index contributed by atoms with van der Waals surface area (Å²) in [5.74, 6) is -0.382. The van der Waals surface area contributed by atoms with Crippen molar-refractivity contribution in [2.75, 3.05) is 6.61 Å². The number of esters is 1. The molecule has 3 nitrogen and oxygen atoms in total. The predicted octanol–water partition coefficient (Wildman–Crippen LogP) is 7.30. The van der Waals surface area contributed by atoms with Crippen LogP contribution in [0.4, 0.5) is 0 Å². The normalized spacial score (nSPS) is 10.8. The molecule has 0 fully saturated rings. The zero-order chi connectivity index (χ0) is 24.3. The summed E-state index contributed by atoms with van der Waals surface area (Å²) in [5.41, 5.74) is 8.29. The molecule has 178 valence electrons. The van der Waals surface area contributed by atoms with Gasteiger partial charge in [0, 0.05) is 12.2 Å². The van der Waals surface area contributed by atoms with Crippen molar-refractivity contribution in [1.82, 2.24) is 0 Å². The second kappa shape index (κ2) is 12.9. The van der Waals surface area contributed by atoms with Crippen molar-refractivity contribution in [3.8, 4) is 22.3 Å². The number of ether oxygens (including phenoxy) is 1. The molecule has 3 rings (SSSR count). The summed E-state index contributed by atoms with van der Waals surface area (Å²) in [6.45, 7) is 7.96. The van der Waals surface area contributed by atoms with E-state index in [9.17, 15) is 4.79 Å². The van der Waals surface area contributed by atoms with Crippen molar-refractivity contribution < 1.29 is 14.6 Å². The van der Waals surface area contributed by atoms with Crippen molar-refractivity contribution in [2.45, 2.75) is 59.0 Å². The summed E-state index contributed by atoms with van der Waals surface area (Å²) in [5, 5.41) is 9.08. The van der Waals surface area contributed by atoms with E-state index in [4.69, 9.17) is 9.84 Å². The zero-order valence-corrected chi connectivity index (χ0v) is 20.5. The molecule has 0 saturated heterocycles. The number of carbonyl (C=O) groups is 1. The standard InChI is InChI=1S/C31H36O3/c1-4-5-6-8-24-10-14-26(15-11-24)28-18-19-30(29(21-28)22-34-31(33)23(2)3)27-16-12-25(13-17-27)9-7-20-32/h10-19,21,32H,2,4-9,20,22H2,1,3H3. The van der Waals surface area contributed by atoms with Crippen LogP contribution in [0.1, 0.15) is 56.2 Å². The van der Waals surface area contributed by atoms with Gasteiger partial charge in [0.15, 0.2) is 0 Å². The van der Waals surface area contributed by atoms with Gasteiger partial charge in [-0.05, 0) is 77.6 Å². The van der Waals surface area contributed by atoms with E-state index in [-0.39, 0.29) is 19.2 Å². The second-order valence-electron chi connectivity index (χ2n) is 8.91. The molecular weight excluding hydrogens is 420 g/mol. The topological polar surface area (TPSA) is 46.5 Å². The Hall–Kier alpha value is -3.17. The van der Waals surface area contributed by atoms with Crippen LogP contribution in [-0.2, 0) is 29.0 Å². The fourth-order valence-corrected chi connectivity index (χ4v) is 4.02. The number of unbranched alkanes of at least 4 members (excludes halogenated alkanes) is 2. The molecule has 0 saturated carbocycles. The van der Waals surface area contributed by atoms with Gasteiger partial charge in [-0.3, -0.25) is 0 Å². The predicted molar refractivity (Wildman–Crippen MR) is 141 cm³/mol. The van der Waals surface area contributed by atoms with Crippen LogP contribution in [0, 0.1) is 0 Å². The van der Waals surface area contributed by atoms with Gasteiger partial charge in [-0.2, -0.15) is 0 Å². The molecule has 3 heteroatoms. The van der Waals surface area contributed by atoms with Crippen LogP contribution < -0.4 is 0 Å². The maximum atomic E-state index is 12.1. The van der Waals surface area contributed by atoms with Gasteiger partial charge in [0.1, 0.15) is 6.61 Å². The number of rotatable bonds is 12. The Balaban J connectivity index is 1.87. The third kappa shape index (κ3) is 7.16. The number of aliphatic hydroxyl groups excluding tert-OH is 1. The highest BCUT2D eigenvalue weighted by atomic mass is 16.5. The Labute approximate surface area is 204 Å². The van der Waals surface area contributed by atoms with Crippen molar-refractivity contribution >= 4 is 5.97 Å². The molecule has 0 spiro atoms. The Kier molecular flexibility index (Phi) is 9.66. The quantitative estimate of drug-likeness (QED) is 0.177. The molecule has 0 bridgehead atoms. The highest BCUT2D eigenvalue weighted by Gasteiger charge is 2.11. The largest absolute Gasteiger partial charge is 0.457 e. The van der Waals surface area contributed by atoms with E-state index in [1.165, 1.54) is 30.4 Å². The van der Waals surface area contributed by atoms with E-state index in [2.05, 4.69) is 80.2 Å². The van der Waals surface area contributed by atoms with Crippen LogP contribution in [0.15, 0.2) is 78.9 Å². The van der Waals surface area contributed by atoms with Crippen molar-refractivity contribution in [3.05, 3.63) is 95.6 Å². The molecule has 0 atom stereocenters. The molecule has 0 unspecified atom stereocenters. The SMILES string of the molecule is C=C(C)C(=O)OCc1cc(-c2ccc(CCCCC)cc2)ccc1-c1ccc(CCCO)cc1. The first kappa shape index (κ1) is 25.5. The number of benzene rings is 3. The van der Waals surface area contributed by atoms with Gasteiger partial charge >= 0.3 is 5.97 Å². The van der Waals surface area contributed by atoms with Gasteiger partial charge in [-0.1, -0.05) is 87.0 Å². The first-order chi connectivity index (χ1) is 16.5. The second-order valence-corrected chi connectivity index (χ2v) is 8.91. The minimum absolute atomic E-state index is 0.191. The molecule has 34 heavy (non-hydrogen) atoms. The van der Waals surface area contributed by atoms with Gasteiger partial charge in [0.2, 0.25) is 0 Å². The van der Waals surface area contributed by atoms with E-state index >= 15 is 0 Å². The summed E-state index contributed by atoms with van der Waals surface area (Å²) in [6, 6.07) is 23.5. The molecule has 3 aromatic rings. The highest BCUT2D eigenvalue weighted by Crippen LogP contribution is 2.30.